The molecule has 17 heavy (non-hydrogen) atoms. The van der Waals surface area contributed by atoms with E-state index < -0.39 is 7.32 Å². The van der Waals surface area contributed by atoms with Crippen molar-refractivity contribution in [1.82, 2.24) is 0 Å². The van der Waals surface area contributed by atoms with Crippen molar-refractivity contribution in [2.75, 3.05) is 6.61 Å². The molecule has 0 fully saturated rings. The third-order valence-electron chi connectivity index (χ3n) is 2.49. The van der Waals surface area contributed by atoms with Crippen LogP contribution in [0.25, 0.3) is 0 Å². The highest BCUT2D eigenvalue weighted by atomic mass is 16.7. The lowest BCUT2D eigenvalue weighted by atomic mass is 10.1. The van der Waals surface area contributed by atoms with Gasteiger partial charge >= 0.3 is 7.32 Å². The van der Waals surface area contributed by atoms with Crippen molar-refractivity contribution < 1.29 is 14.3 Å². The summed E-state index contributed by atoms with van der Waals surface area (Å²) < 4.78 is 10.3. The Hall–Kier alpha value is -0.995. The standard InChI is InChI=1S/C13H21BO3/c1-2-3-4-5-9-12-16-14(15)17-13-10-7-6-8-11-13/h6-8,10-11,15H,2-5,9,12H2,1H3. The largest absolute Gasteiger partial charge is 0.710 e. The van der Waals surface area contributed by atoms with E-state index in [4.69, 9.17) is 9.31 Å². The molecular formula is C13H21BO3. The predicted octanol–water partition coefficient (Wildman–Crippen LogP) is 3.03. The first kappa shape index (κ1) is 14.1. The molecule has 0 aliphatic carbocycles. The molecule has 0 bridgehead atoms. The van der Waals surface area contributed by atoms with Gasteiger partial charge in [-0.1, -0.05) is 50.8 Å². The number of rotatable bonds is 9. The van der Waals surface area contributed by atoms with Gasteiger partial charge in [0, 0.05) is 6.61 Å². The van der Waals surface area contributed by atoms with Crippen LogP contribution in [-0.4, -0.2) is 19.0 Å². The van der Waals surface area contributed by atoms with Gasteiger partial charge < -0.3 is 14.3 Å². The van der Waals surface area contributed by atoms with Crippen molar-refractivity contribution in [2.45, 2.75) is 39.0 Å². The van der Waals surface area contributed by atoms with Crippen molar-refractivity contribution in [3.8, 4) is 5.75 Å². The molecule has 0 aliphatic rings. The van der Waals surface area contributed by atoms with Crippen LogP contribution in [0.3, 0.4) is 0 Å². The SMILES string of the molecule is CCCCCCCOB(O)Oc1ccccc1. The zero-order valence-corrected chi connectivity index (χ0v) is 10.5. The summed E-state index contributed by atoms with van der Waals surface area (Å²) in [6.07, 6.45) is 5.85. The van der Waals surface area contributed by atoms with E-state index in [0.717, 1.165) is 12.8 Å². The topological polar surface area (TPSA) is 38.7 Å². The van der Waals surface area contributed by atoms with Crippen LogP contribution in [0.2, 0.25) is 0 Å². The Kier molecular flexibility index (Phi) is 7.51. The Morgan fingerprint density at radius 1 is 1.06 bits per heavy atom. The Morgan fingerprint density at radius 3 is 2.47 bits per heavy atom. The van der Waals surface area contributed by atoms with Gasteiger partial charge in [0.25, 0.3) is 0 Å². The minimum atomic E-state index is -1.16. The molecular weight excluding hydrogens is 215 g/mol. The summed E-state index contributed by atoms with van der Waals surface area (Å²) in [6.45, 7) is 2.73. The Bertz CT molecular complexity index is 279. The predicted molar refractivity (Wildman–Crippen MR) is 69.8 cm³/mol. The van der Waals surface area contributed by atoms with Gasteiger partial charge in [0.1, 0.15) is 5.75 Å². The number of hydrogen-bond acceptors (Lipinski definition) is 3. The fourth-order valence-corrected chi connectivity index (χ4v) is 1.54. The third-order valence-corrected chi connectivity index (χ3v) is 2.49. The van der Waals surface area contributed by atoms with Crippen molar-refractivity contribution in [3.63, 3.8) is 0 Å². The second-order valence-corrected chi connectivity index (χ2v) is 4.02. The number of para-hydroxylation sites is 1. The maximum atomic E-state index is 9.46. The van der Waals surface area contributed by atoms with Crippen molar-refractivity contribution in [2.24, 2.45) is 0 Å². The number of benzene rings is 1. The van der Waals surface area contributed by atoms with Crippen LogP contribution in [-0.2, 0) is 4.65 Å². The van der Waals surface area contributed by atoms with Crippen LogP contribution in [0.4, 0.5) is 0 Å². The molecule has 1 aromatic carbocycles. The molecule has 0 saturated carbocycles. The van der Waals surface area contributed by atoms with Crippen LogP contribution in [0.5, 0.6) is 5.75 Å². The minimum Gasteiger partial charge on any atom is -0.512 e. The normalized spacial score (nSPS) is 10.2. The highest BCUT2D eigenvalue weighted by Gasteiger charge is 2.17. The average Bonchev–Trinajstić information content (AvgIpc) is 2.35. The first-order valence-electron chi connectivity index (χ1n) is 6.34. The van der Waals surface area contributed by atoms with E-state index in [2.05, 4.69) is 6.92 Å². The molecule has 0 spiro atoms. The summed E-state index contributed by atoms with van der Waals surface area (Å²) in [5, 5.41) is 9.46. The van der Waals surface area contributed by atoms with Crippen LogP contribution < -0.4 is 4.65 Å². The van der Waals surface area contributed by atoms with E-state index in [9.17, 15) is 5.02 Å². The van der Waals surface area contributed by atoms with Gasteiger partial charge in [0.05, 0.1) is 0 Å². The van der Waals surface area contributed by atoms with E-state index in [-0.39, 0.29) is 0 Å². The van der Waals surface area contributed by atoms with Crippen LogP contribution >= 0.6 is 0 Å². The minimum absolute atomic E-state index is 0.539. The van der Waals surface area contributed by atoms with E-state index in [0.29, 0.717) is 12.4 Å². The quantitative estimate of drug-likeness (QED) is 0.529. The lowest BCUT2D eigenvalue weighted by molar-refractivity contribution is 0.189. The van der Waals surface area contributed by atoms with Crippen LogP contribution in [0, 0.1) is 0 Å². The summed E-state index contributed by atoms with van der Waals surface area (Å²) in [4.78, 5) is 0. The number of hydrogen-bond donors (Lipinski definition) is 1. The van der Waals surface area contributed by atoms with Gasteiger partial charge in [-0.2, -0.15) is 0 Å². The fraction of sp³-hybridized carbons (Fsp3) is 0.538. The Balaban J connectivity index is 2.03. The van der Waals surface area contributed by atoms with Gasteiger partial charge in [-0.05, 0) is 18.6 Å². The van der Waals surface area contributed by atoms with E-state index in [1.54, 1.807) is 12.1 Å². The second-order valence-electron chi connectivity index (χ2n) is 4.02. The molecule has 0 atom stereocenters. The molecule has 3 nitrogen and oxygen atoms in total. The zero-order valence-electron chi connectivity index (χ0n) is 10.5. The third kappa shape index (κ3) is 7.03. The molecule has 1 aromatic rings. The van der Waals surface area contributed by atoms with Gasteiger partial charge in [0.15, 0.2) is 0 Å². The first-order valence-corrected chi connectivity index (χ1v) is 6.34. The molecule has 0 unspecified atom stereocenters. The molecule has 1 rings (SSSR count). The summed E-state index contributed by atoms with van der Waals surface area (Å²) >= 11 is 0. The molecule has 1 N–H and O–H groups in total. The summed E-state index contributed by atoms with van der Waals surface area (Å²) in [5.41, 5.74) is 0. The first-order chi connectivity index (χ1) is 8.33. The van der Waals surface area contributed by atoms with Gasteiger partial charge in [-0.25, -0.2) is 0 Å². The maximum Gasteiger partial charge on any atom is 0.710 e. The lowest BCUT2D eigenvalue weighted by Crippen LogP contribution is -2.26. The van der Waals surface area contributed by atoms with E-state index in [1.807, 2.05) is 18.2 Å². The van der Waals surface area contributed by atoms with E-state index >= 15 is 0 Å². The zero-order chi connectivity index (χ0) is 12.3. The van der Waals surface area contributed by atoms with Crippen molar-refractivity contribution >= 4 is 7.32 Å². The summed E-state index contributed by atoms with van der Waals surface area (Å²) in [7, 11) is -1.16. The molecule has 0 radical (unpaired) electrons. The summed E-state index contributed by atoms with van der Waals surface area (Å²) in [5.74, 6) is 0.617. The van der Waals surface area contributed by atoms with Gasteiger partial charge in [-0.3, -0.25) is 0 Å². The second kappa shape index (κ2) is 9.08. The molecule has 0 aliphatic heterocycles. The maximum absolute atomic E-state index is 9.46. The van der Waals surface area contributed by atoms with Crippen molar-refractivity contribution in [3.05, 3.63) is 30.3 Å². The smallest absolute Gasteiger partial charge is 0.512 e. The highest BCUT2D eigenvalue weighted by molar-refractivity contribution is 6.35. The number of unbranched alkanes of at least 4 members (excludes halogenated alkanes) is 4. The monoisotopic (exact) mass is 236 g/mol. The fourth-order valence-electron chi connectivity index (χ4n) is 1.54. The molecule has 0 saturated heterocycles. The Labute approximate surface area is 104 Å². The highest BCUT2D eigenvalue weighted by Crippen LogP contribution is 2.09. The molecule has 0 heterocycles. The van der Waals surface area contributed by atoms with Gasteiger partial charge in [-0.15, -0.1) is 0 Å². The average molecular weight is 236 g/mol. The van der Waals surface area contributed by atoms with Crippen LogP contribution in [0.1, 0.15) is 39.0 Å². The van der Waals surface area contributed by atoms with Crippen LogP contribution in [0.15, 0.2) is 30.3 Å². The molecule has 0 amide bonds. The molecule has 4 heteroatoms. The molecule has 94 valence electrons. The van der Waals surface area contributed by atoms with Crippen molar-refractivity contribution in [1.29, 1.82) is 0 Å². The molecule has 0 aromatic heterocycles. The van der Waals surface area contributed by atoms with Gasteiger partial charge in [0.2, 0.25) is 0 Å². The lowest BCUT2D eigenvalue weighted by Gasteiger charge is -2.09. The summed E-state index contributed by atoms with van der Waals surface area (Å²) in [6, 6.07) is 9.18. The van der Waals surface area contributed by atoms with E-state index in [1.165, 1.54) is 19.3 Å². The Morgan fingerprint density at radius 2 is 1.76 bits per heavy atom.